The fraction of sp³-hybridized carbons (Fsp3) is 0.870. The van der Waals surface area contributed by atoms with Gasteiger partial charge in [0.05, 0.1) is 0 Å². The van der Waals surface area contributed by atoms with Crippen LogP contribution < -0.4 is 0 Å². The SMILES string of the molecule is CCC1CC[C@@]2(C)C(=CC[C@@H]3[C@H]2CC[C@]2(C)C(=O)C(CC)C[C@@H]32)C1. The van der Waals surface area contributed by atoms with Crippen LogP contribution in [0.15, 0.2) is 11.6 Å². The van der Waals surface area contributed by atoms with Crippen LogP contribution in [0.1, 0.15) is 85.5 Å². The van der Waals surface area contributed by atoms with Crippen LogP contribution in [0.5, 0.6) is 0 Å². The van der Waals surface area contributed by atoms with E-state index in [4.69, 9.17) is 0 Å². The van der Waals surface area contributed by atoms with E-state index in [1.54, 1.807) is 5.57 Å². The number of rotatable bonds is 2. The van der Waals surface area contributed by atoms with Crippen molar-refractivity contribution in [2.45, 2.75) is 85.5 Å². The van der Waals surface area contributed by atoms with Crippen molar-refractivity contribution >= 4 is 5.78 Å². The average molecular weight is 329 g/mol. The van der Waals surface area contributed by atoms with Crippen LogP contribution in [-0.4, -0.2) is 5.78 Å². The zero-order valence-corrected chi connectivity index (χ0v) is 16.2. The first-order valence-corrected chi connectivity index (χ1v) is 10.7. The van der Waals surface area contributed by atoms with Crippen molar-refractivity contribution < 1.29 is 4.79 Å². The lowest BCUT2D eigenvalue weighted by Gasteiger charge is -2.57. The normalized spacial score (nSPS) is 50.8. The molecule has 0 aromatic heterocycles. The molecule has 2 unspecified atom stereocenters. The van der Waals surface area contributed by atoms with Gasteiger partial charge in [-0.2, -0.15) is 0 Å². The van der Waals surface area contributed by atoms with Crippen LogP contribution in [0.4, 0.5) is 0 Å². The Bertz CT molecular complexity index is 560. The third-order valence-electron chi connectivity index (χ3n) is 9.14. The molecule has 0 spiro atoms. The summed E-state index contributed by atoms with van der Waals surface area (Å²) in [5.74, 6) is 4.17. The van der Waals surface area contributed by atoms with E-state index in [2.05, 4.69) is 33.8 Å². The molecular weight excluding hydrogens is 292 g/mol. The topological polar surface area (TPSA) is 17.1 Å². The minimum atomic E-state index is 0.00413. The number of hydrogen-bond donors (Lipinski definition) is 0. The summed E-state index contributed by atoms with van der Waals surface area (Å²) in [5, 5.41) is 0. The van der Waals surface area contributed by atoms with Crippen molar-refractivity contribution in [3.05, 3.63) is 11.6 Å². The highest BCUT2D eigenvalue weighted by Crippen LogP contribution is 2.65. The molecule has 0 bridgehead atoms. The van der Waals surface area contributed by atoms with Gasteiger partial charge in [0.15, 0.2) is 0 Å². The summed E-state index contributed by atoms with van der Waals surface area (Å²) >= 11 is 0. The summed E-state index contributed by atoms with van der Waals surface area (Å²) in [5.41, 5.74) is 2.25. The predicted octanol–water partition coefficient (Wildman–Crippen LogP) is 6.18. The summed E-state index contributed by atoms with van der Waals surface area (Å²) in [6.45, 7) is 9.48. The third-order valence-corrected chi connectivity index (χ3v) is 9.14. The molecule has 0 aromatic rings. The highest BCUT2D eigenvalue weighted by Gasteiger charge is 2.60. The smallest absolute Gasteiger partial charge is 0.142 e. The molecule has 0 saturated heterocycles. The second-order valence-corrected chi connectivity index (χ2v) is 9.94. The Kier molecular flexibility index (Phi) is 4.01. The average Bonchev–Trinajstić information content (AvgIpc) is 2.85. The summed E-state index contributed by atoms with van der Waals surface area (Å²) < 4.78 is 0. The standard InChI is InChI=1S/C23H36O/c1-5-15-9-11-22(3)17(13-15)7-8-18-19(22)10-12-23(4)20(18)14-16(6-2)21(23)24/h7,15-16,18-20H,5-6,8-14H2,1-4H3/t15?,16?,18-,19-,20+,22+,23+/m1/s1. The molecule has 134 valence electrons. The van der Waals surface area contributed by atoms with E-state index in [1.165, 1.54) is 44.9 Å². The van der Waals surface area contributed by atoms with Crippen LogP contribution in [0.3, 0.4) is 0 Å². The summed E-state index contributed by atoms with van der Waals surface area (Å²) in [6.07, 6.45) is 14.1. The minimum absolute atomic E-state index is 0.00413. The van der Waals surface area contributed by atoms with E-state index in [-0.39, 0.29) is 5.41 Å². The molecule has 1 nitrogen and oxygen atoms in total. The molecule has 0 radical (unpaired) electrons. The Morgan fingerprint density at radius 1 is 1.04 bits per heavy atom. The molecular formula is C23H36O. The fourth-order valence-electron chi connectivity index (χ4n) is 7.38. The van der Waals surface area contributed by atoms with Crippen LogP contribution >= 0.6 is 0 Å². The van der Waals surface area contributed by atoms with Gasteiger partial charge < -0.3 is 0 Å². The van der Waals surface area contributed by atoms with E-state index >= 15 is 0 Å². The molecule has 3 fully saturated rings. The van der Waals surface area contributed by atoms with Gasteiger partial charge in [-0.25, -0.2) is 0 Å². The van der Waals surface area contributed by atoms with Gasteiger partial charge in [0.25, 0.3) is 0 Å². The lowest BCUT2D eigenvalue weighted by molar-refractivity contribution is -0.134. The zero-order valence-electron chi connectivity index (χ0n) is 16.2. The van der Waals surface area contributed by atoms with Crippen molar-refractivity contribution in [2.75, 3.05) is 0 Å². The minimum Gasteiger partial charge on any atom is -0.299 e. The molecule has 4 aliphatic carbocycles. The zero-order chi connectivity index (χ0) is 17.1. The lowest BCUT2D eigenvalue weighted by Crippen LogP contribution is -2.50. The second-order valence-electron chi connectivity index (χ2n) is 9.94. The Labute approximate surface area is 148 Å². The maximum Gasteiger partial charge on any atom is 0.142 e. The number of carbonyl (C=O) groups is 1. The molecule has 24 heavy (non-hydrogen) atoms. The van der Waals surface area contributed by atoms with E-state index in [9.17, 15) is 4.79 Å². The lowest BCUT2D eigenvalue weighted by atomic mass is 9.47. The predicted molar refractivity (Wildman–Crippen MR) is 99.7 cm³/mol. The van der Waals surface area contributed by atoms with Gasteiger partial charge in [0, 0.05) is 11.3 Å². The Balaban J connectivity index is 1.65. The monoisotopic (exact) mass is 328 g/mol. The van der Waals surface area contributed by atoms with Gasteiger partial charge in [-0.15, -0.1) is 0 Å². The van der Waals surface area contributed by atoms with E-state index in [0.29, 0.717) is 23.0 Å². The first kappa shape index (κ1) is 16.9. The van der Waals surface area contributed by atoms with Crippen molar-refractivity contribution in [1.82, 2.24) is 0 Å². The highest BCUT2D eigenvalue weighted by atomic mass is 16.1. The maximum absolute atomic E-state index is 13.0. The number of carbonyl (C=O) groups excluding carboxylic acids is 1. The molecule has 0 aromatic carbocycles. The Hall–Kier alpha value is -0.590. The molecule has 0 heterocycles. The number of hydrogen-bond acceptors (Lipinski definition) is 1. The first-order valence-electron chi connectivity index (χ1n) is 10.7. The number of allylic oxidation sites excluding steroid dienone is 2. The Morgan fingerprint density at radius 3 is 2.50 bits per heavy atom. The van der Waals surface area contributed by atoms with E-state index in [1.807, 2.05) is 0 Å². The van der Waals surface area contributed by atoms with Crippen LogP contribution in [0, 0.1) is 40.4 Å². The molecule has 4 aliphatic rings. The first-order chi connectivity index (χ1) is 11.4. The fourth-order valence-corrected chi connectivity index (χ4v) is 7.38. The number of ketones is 1. The van der Waals surface area contributed by atoms with Crippen molar-refractivity contribution in [2.24, 2.45) is 40.4 Å². The van der Waals surface area contributed by atoms with Gasteiger partial charge in [-0.1, -0.05) is 45.8 Å². The van der Waals surface area contributed by atoms with Crippen LogP contribution in [0.2, 0.25) is 0 Å². The largest absolute Gasteiger partial charge is 0.299 e. The van der Waals surface area contributed by atoms with Gasteiger partial charge in [0.1, 0.15) is 5.78 Å². The quantitative estimate of drug-likeness (QED) is 0.553. The molecule has 7 atom stereocenters. The number of fused-ring (bicyclic) bond motifs is 5. The van der Waals surface area contributed by atoms with E-state index < -0.39 is 0 Å². The van der Waals surface area contributed by atoms with Gasteiger partial charge in [-0.3, -0.25) is 4.79 Å². The second kappa shape index (κ2) is 5.71. The molecule has 1 heteroatoms. The van der Waals surface area contributed by atoms with Crippen molar-refractivity contribution in [3.63, 3.8) is 0 Å². The van der Waals surface area contributed by atoms with Gasteiger partial charge in [-0.05, 0) is 80.5 Å². The summed E-state index contributed by atoms with van der Waals surface area (Å²) in [7, 11) is 0. The molecule has 0 aliphatic heterocycles. The number of Topliss-reactive ketones (excluding diaryl/α,β-unsaturated/α-hetero) is 1. The molecule has 3 saturated carbocycles. The summed E-state index contributed by atoms with van der Waals surface area (Å²) in [4.78, 5) is 13.0. The highest BCUT2D eigenvalue weighted by molar-refractivity contribution is 5.89. The van der Waals surface area contributed by atoms with Gasteiger partial charge in [0.2, 0.25) is 0 Å². The van der Waals surface area contributed by atoms with Gasteiger partial charge >= 0.3 is 0 Å². The van der Waals surface area contributed by atoms with Crippen molar-refractivity contribution in [3.8, 4) is 0 Å². The van der Waals surface area contributed by atoms with Crippen molar-refractivity contribution in [1.29, 1.82) is 0 Å². The Morgan fingerprint density at radius 2 is 1.79 bits per heavy atom. The molecule has 4 rings (SSSR count). The molecule has 0 N–H and O–H groups in total. The third kappa shape index (κ3) is 2.15. The van der Waals surface area contributed by atoms with Crippen LogP contribution in [0.25, 0.3) is 0 Å². The van der Waals surface area contributed by atoms with Crippen LogP contribution in [-0.2, 0) is 4.79 Å². The molecule has 0 amide bonds. The van der Waals surface area contributed by atoms with E-state index in [0.717, 1.165) is 30.6 Å². The summed E-state index contributed by atoms with van der Waals surface area (Å²) in [6, 6.07) is 0. The maximum atomic E-state index is 13.0.